The Bertz CT molecular complexity index is 1510. The number of nitrogens with zero attached hydrogens (tertiary/aromatic N) is 2. The number of carbonyl (C=O) groups excluding carboxylic acids is 2. The van der Waals surface area contributed by atoms with Crippen LogP contribution in [0.15, 0.2) is 77.7 Å². The lowest BCUT2D eigenvalue weighted by Crippen LogP contribution is -2.68. The zero-order chi connectivity index (χ0) is 26.3. The minimum atomic E-state index is -4.26. The molecule has 2 atom stereocenters. The molecule has 4 aliphatic rings. The van der Waals surface area contributed by atoms with E-state index < -0.39 is 39.0 Å². The monoisotopic (exact) mass is 514 g/mol. The highest BCUT2D eigenvalue weighted by Crippen LogP contribution is 2.63. The summed E-state index contributed by atoms with van der Waals surface area (Å²) in [6, 6.07) is 20.4. The molecule has 1 fully saturated rings. The second-order valence-corrected chi connectivity index (χ2v) is 12.6. The number of hydrogen-bond acceptors (Lipinski definition) is 4. The molecule has 2 bridgehead atoms. The van der Waals surface area contributed by atoms with Gasteiger partial charge in [-0.15, -0.1) is 0 Å². The van der Waals surface area contributed by atoms with E-state index in [1.54, 1.807) is 12.1 Å². The lowest BCUT2D eigenvalue weighted by atomic mass is 9.46. The lowest BCUT2D eigenvalue weighted by Gasteiger charge is -2.60. The number of carbonyl (C=O) groups is 2. The van der Waals surface area contributed by atoms with Crippen molar-refractivity contribution >= 4 is 22.0 Å². The standard InChI is InChI=1S/C30H30N2O4S/c1-5-10-25(33)31-26-27(32(28(31)34)37(35,36)20-17-15-19(2)16-18-20)30(4)23-13-8-6-11-21(23)29(26,3)22-12-7-9-14-24(22)30/h6-9,11-18,26-27H,5,10H2,1-4H3/t26-,27+,29?,30?/m0/s1. The number of sulfonamides is 1. The molecule has 0 N–H and O–H groups in total. The average molecular weight is 515 g/mol. The Hall–Kier alpha value is -3.45. The van der Waals surface area contributed by atoms with Gasteiger partial charge in [-0.2, -0.15) is 0 Å². The summed E-state index contributed by atoms with van der Waals surface area (Å²) in [6.07, 6.45) is 0.731. The summed E-state index contributed by atoms with van der Waals surface area (Å²) in [7, 11) is -4.26. The maximum atomic E-state index is 14.3. The van der Waals surface area contributed by atoms with Gasteiger partial charge >= 0.3 is 6.03 Å². The van der Waals surface area contributed by atoms with Crippen LogP contribution in [0, 0.1) is 6.92 Å². The zero-order valence-corrected chi connectivity index (χ0v) is 22.2. The second kappa shape index (κ2) is 7.78. The SMILES string of the molecule is CCCC(=O)N1C(=O)N(S(=O)(=O)c2ccc(C)cc2)[C@@H]2[C@H]1C1(C)c3ccccc3C2(C)c2ccccc21. The fourth-order valence-electron chi connectivity index (χ4n) is 7.12. The molecule has 3 amide bonds. The Labute approximate surface area is 218 Å². The van der Waals surface area contributed by atoms with Crippen LogP contribution in [0.4, 0.5) is 4.79 Å². The van der Waals surface area contributed by atoms with Crippen molar-refractivity contribution < 1.29 is 18.0 Å². The van der Waals surface area contributed by atoms with Crippen molar-refractivity contribution in [3.05, 3.63) is 101 Å². The van der Waals surface area contributed by atoms with E-state index in [0.29, 0.717) is 6.42 Å². The zero-order valence-electron chi connectivity index (χ0n) is 21.4. The minimum absolute atomic E-state index is 0.0479. The van der Waals surface area contributed by atoms with Crippen molar-refractivity contribution in [1.29, 1.82) is 0 Å². The van der Waals surface area contributed by atoms with Gasteiger partial charge in [0, 0.05) is 17.3 Å². The third kappa shape index (κ3) is 2.83. The summed E-state index contributed by atoms with van der Waals surface area (Å²) < 4.78 is 29.5. The summed E-state index contributed by atoms with van der Waals surface area (Å²) in [5.41, 5.74) is 3.38. The first-order valence-electron chi connectivity index (χ1n) is 12.8. The van der Waals surface area contributed by atoms with E-state index in [9.17, 15) is 18.0 Å². The molecule has 37 heavy (non-hydrogen) atoms. The molecule has 0 aromatic heterocycles. The number of amides is 3. The molecule has 7 rings (SSSR count). The van der Waals surface area contributed by atoms with Crippen LogP contribution in [0.25, 0.3) is 0 Å². The van der Waals surface area contributed by atoms with Crippen molar-refractivity contribution in [3.8, 4) is 0 Å². The van der Waals surface area contributed by atoms with Crippen LogP contribution in [0.1, 0.15) is 61.4 Å². The number of urea groups is 1. The number of hydrogen-bond donors (Lipinski definition) is 0. The van der Waals surface area contributed by atoms with Gasteiger partial charge in [-0.05, 0) is 61.6 Å². The number of rotatable bonds is 4. The van der Waals surface area contributed by atoms with Crippen molar-refractivity contribution in [2.45, 2.75) is 68.3 Å². The Morgan fingerprint density at radius 3 is 1.73 bits per heavy atom. The van der Waals surface area contributed by atoms with Gasteiger partial charge in [0.05, 0.1) is 17.0 Å². The summed E-state index contributed by atoms with van der Waals surface area (Å²) in [4.78, 5) is 29.1. The quantitative estimate of drug-likeness (QED) is 0.484. The highest BCUT2D eigenvalue weighted by atomic mass is 32.2. The fraction of sp³-hybridized carbons (Fsp3) is 0.333. The first-order chi connectivity index (χ1) is 17.6. The maximum Gasteiger partial charge on any atom is 0.341 e. The Balaban J connectivity index is 1.69. The number of aryl methyl sites for hydroxylation is 1. The largest absolute Gasteiger partial charge is 0.341 e. The molecule has 3 aliphatic carbocycles. The van der Waals surface area contributed by atoms with Crippen LogP contribution >= 0.6 is 0 Å². The molecule has 1 heterocycles. The van der Waals surface area contributed by atoms with Crippen LogP contribution in [-0.4, -0.2) is 41.6 Å². The summed E-state index contributed by atoms with van der Waals surface area (Å²) in [5, 5.41) is 0. The highest BCUT2D eigenvalue weighted by molar-refractivity contribution is 7.89. The smallest absolute Gasteiger partial charge is 0.274 e. The predicted molar refractivity (Wildman–Crippen MR) is 141 cm³/mol. The molecule has 0 radical (unpaired) electrons. The molecular weight excluding hydrogens is 484 g/mol. The summed E-state index contributed by atoms with van der Waals surface area (Å²) in [5.74, 6) is -0.337. The summed E-state index contributed by atoms with van der Waals surface area (Å²) in [6.45, 7) is 7.86. The molecule has 3 aromatic carbocycles. The normalized spacial score (nSPS) is 27.6. The molecular formula is C30H30N2O4S. The van der Waals surface area contributed by atoms with Crippen molar-refractivity contribution in [2.75, 3.05) is 0 Å². The van der Waals surface area contributed by atoms with Crippen LogP contribution in [0.3, 0.4) is 0 Å². The van der Waals surface area contributed by atoms with E-state index >= 15 is 0 Å². The predicted octanol–water partition coefficient (Wildman–Crippen LogP) is 5.12. The van der Waals surface area contributed by atoms with E-state index in [1.165, 1.54) is 17.0 Å². The highest BCUT2D eigenvalue weighted by Gasteiger charge is 2.72. The van der Waals surface area contributed by atoms with E-state index in [1.807, 2.05) is 57.2 Å². The molecule has 7 heteroatoms. The van der Waals surface area contributed by atoms with E-state index in [0.717, 1.165) is 32.1 Å². The van der Waals surface area contributed by atoms with E-state index in [2.05, 4.69) is 19.1 Å². The van der Waals surface area contributed by atoms with Gasteiger partial charge < -0.3 is 0 Å². The third-order valence-corrected chi connectivity index (χ3v) is 10.6. The molecule has 0 spiro atoms. The fourth-order valence-corrected chi connectivity index (χ4v) is 8.74. The van der Waals surface area contributed by atoms with Gasteiger partial charge in [0.25, 0.3) is 10.0 Å². The Kier molecular flexibility index (Phi) is 5.03. The van der Waals surface area contributed by atoms with Gasteiger partial charge in [-0.3, -0.25) is 9.69 Å². The van der Waals surface area contributed by atoms with Gasteiger partial charge in [0.2, 0.25) is 5.91 Å². The van der Waals surface area contributed by atoms with Gasteiger partial charge in [0.1, 0.15) is 0 Å². The van der Waals surface area contributed by atoms with Crippen LogP contribution < -0.4 is 0 Å². The van der Waals surface area contributed by atoms with Crippen molar-refractivity contribution in [3.63, 3.8) is 0 Å². The number of benzene rings is 3. The van der Waals surface area contributed by atoms with Gasteiger partial charge in [-0.1, -0.05) is 73.2 Å². The van der Waals surface area contributed by atoms with Crippen molar-refractivity contribution in [2.24, 2.45) is 0 Å². The van der Waals surface area contributed by atoms with Gasteiger partial charge in [0.15, 0.2) is 0 Å². The average Bonchev–Trinajstić information content (AvgIpc) is 3.22. The Morgan fingerprint density at radius 2 is 1.27 bits per heavy atom. The molecule has 6 nitrogen and oxygen atoms in total. The van der Waals surface area contributed by atoms with Crippen LogP contribution in [0.2, 0.25) is 0 Å². The molecule has 190 valence electrons. The second-order valence-electron chi connectivity index (χ2n) is 10.8. The lowest BCUT2D eigenvalue weighted by molar-refractivity contribution is -0.130. The first-order valence-corrected chi connectivity index (χ1v) is 14.2. The van der Waals surface area contributed by atoms with E-state index in [-0.39, 0.29) is 17.2 Å². The maximum absolute atomic E-state index is 14.3. The molecule has 3 aromatic rings. The van der Waals surface area contributed by atoms with Crippen molar-refractivity contribution in [1.82, 2.24) is 9.21 Å². The minimum Gasteiger partial charge on any atom is -0.274 e. The third-order valence-electron chi connectivity index (χ3n) is 8.81. The molecule has 1 saturated heterocycles. The first kappa shape index (κ1) is 23.9. The van der Waals surface area contributed by atoms with Crippen LogP contribution in [-0.2, 0) is 25.6 Å². The number of imide groups is 1. The van der Waals surface area contributed by atoms with Gasteiger partial charge in [-0.25, -0.2) is 17.5 Å². The Morgan fingerprint density at radius 1 is 0.811 bits per heavy atom. The molecule has 1 aliphatic heterocycles. The molecule has 0 saturated carbocycles. The summed E-state index contributed by atoms with van der Waals surface area (Å²) >= 11 is 0. The topological polar surface area (TPSA) is 74.8 Å². The van der Waals surface area contributed by atoms with Crippen LogP contribution in [0.5, 0.6) is 0 Å². The van der Waals surface area contributed by atoms with E-state index in [4.69, 9.17) is 0 Å². The molecule has 0 unspecified atom stereocenters.